The molecule has 2 atom stereocenters. The van der Waals surface area contributed by atoms with Crippen LogP contribution in [0.15, 0.2) is 12.1 Å². The van der Waals surface area contributed by atoms with Gasteiger partial charge in [0.15, 0.2) is 11.6 Å². The van der Waals surface area contributed by atoms with Crippen molar-refractivity contribution in [2.75, 3.05) is 18.0 Å². The summed E-state index contributed by atoms with van der Waals surface area (Å²) in [7, 11) is 0. The Labute approximate surface area is 105 Å². The Balaban J connectivity index is 2.39. The first-order chi connectivity index (χ1) is 8.52. The third kappa shape index (κ3) is 2.46. The van der Waals surface area contributed by atoms with E-state index in [4.69, 9.17) is 0 Å². The van der Waals surface area contributed by atoms with Crippen LogP contribution in [0.25, 0.3) is 0 Å². The Morgan fingerprint density at radius 3 is 2.44 bits per heavy atom. The minimum Gasteiger partial charge on any atom is -0.361 e. The van der Waals surface area contributed by atoms with Crippen LogP contribution in [0.1, 0.15) is 20.3 Å². The molecule has 0 bridgehead atoms. The molecule has 1 saturated heterocycles. The summed E-state index contributed by atoms with van der Waals surface area (Å²) in [5, 5.41) is 3.27. The summed E-state index contributed by atoms with van der Waals surface area (Å²) in [5.41, 5.74) is -0.114. The van der Waals surface area contributed by atoms with Crippen molar-refractivity contribution in [3.05, 3.63) is 29.6 Å². The summed E-state index contributed by atoms with van der Waals surface area (Å²) < 4.78 is 40.5. The molecule has 0 radical (unpaired) electrons. The van der Waals surface area contributed by atoms with E-state index in [1.54, 1.807) is 4.90 Å². The molecule has 18 heavy (non-hydrogen) atoms. The number of rotatable bonds is 2. The lowest BCUT2D eigenvalue weighted by Crippen LogP contribution is -2.56. The second-order valence-electron chi connectivity index (χ2n) is 4.74. The largest absolute Gasteiger partial charge is 0.361 e. The molecule has 2 nitrogen and oxygen atoms in total. The van der Waals surface area contributed by atoms with Crippen LogP contribution >= 0.6 is 0 Å². The van der Waals surface area contributed by atoms with Crippen molar-refractivity contribution in [1.29, 1.82) is 0 Å². The van der Waals surface area contributed by atoms with E-state index in [9.17, 15) is 13.2 Å². The van der Waals surface area contributed by atoms with Gasteiger partial charge in [-0.15, -0.1) is 0 Å². The molecule has 1 aromatic rings. The fourth-order valence-corrected chi connectivity index (χ4v) is 2.40. The third-order valence-corrected chi connectivity index (χ3v) is 3.35. The van der Waals surface area contributed by atoms with Gasteiger partial charge in [0.1, 0.15) is 11.5 Å². The number of benzene rings is 1. The highest BCUT2D eigenvalue weighted by molar-refractivity contribution is 5.51. The zero-order valence-electron chi connectivity index (χ0n) is 10.5. The highest BCUT2D eigenvalue weighted by Gasteiger charge is 2.29. The molecule has 5 heteroatoms. The quantitative estimate of drug-likeness (QED) is 0.877. The van der Waals surface area contributed by atoms with Gasteiger partial charge in [-0.05, 0) is 13.3 Å². The van der Waals surface area contributed by atoms with Crippen molar-refractivity contribution in [2.24, 2.45) is 0 Å². The molecule has 0 saturated carbocycles. The van der Waals surface area contributed by atoms with Gasteiger partial charge in [-0.3, -0.25) is 0 Å². The third-order valence-electron chi connectivity index (χ3n) is 3.35. The first-order valence-corrected chi connectivity index (χ1v) is 6.17. The highest BCUT2D eigenvalue weighted by atomic mass is 19.1. The van der Waals surface area contributed by atoms with Gasteiger partial charge in [0.25, 0.3) is 0 Å². The monoisotopic (exact) mass is 258 g/mol. The van der Waals surface area contributed by atoms with Crippen molar-refractivity contribution < 1.29 is 13.2 Å². The zero-order chi connectivity index (χ0) is 13.3. The maximum absolute atomic E-state index is 13.8. The van der Waals surface area contributed by atoms with E-state index >= 15 is 0 Å². The van der Waals surface area contributed by atoms with Crippen LogP contribution in [0.5, 0.6) is 0 Å². The molecule has 1 aliphatic rings. The van der Waals surface area contributed by atoms with Gasteiger partial charge in [-0.1, -0.05) is 6.92 Å². The van der Waals surface area contributed by atoms with Crippen LogP contribution in [0.2, 0.25) is 0 Å². The van der Waals surface area contributed by atoms with E-state index in [1.165, 1.54) is 0 Å². The average Bonchev–Trinajstić information content (AvgIpc) is 2.28. The molecule has 1 aromatic carbocycles. The predicted molar refractivity (Wildman–Crippen MR) is 65.2 cm³/mol. The highest BCUT2D eigenvalue weighted by Crippen LogP contribution is 2.28. The summed E-state index contributed by atoms with van der Waals surface area (Å²) >= 11 is 0. The molecule has 2 rings (SSSR count). The van der Waals surface area contributed by atoms with E-state index in [-0.39, 0.29) is 17.8 Å². The minimum atomic E-state index is -0.884. The molecule has 100 valence electrons. The van der Waals surface area contributed by atoms with Crippen molar-refractivity contribution in [2.45, 2.75) is 32.4 Å². The molecular formula is C13H17F3N2. The molecule has 0 spiro atoms. The number of hydrogen-bond donors (Lipinski definition) is 1. The second kappa shape index (κ2) is 5.18. The number of anilines is 1. The Kier molecular flexibility index (Phi) is 3.80. The number of nitrogens with zero attached hydrogens (tertiary/aromatic N) is 1. The summed E-state index contributed by atoms with van der Waals surface area (Å²) in [4.78, 5) is 1.70. The fraction of sp³-hybridized carbons (Fsp3) is 0.538. The van der Waals surface area contributed by atoms with Crippen LogP contribution in [0.4, 0.5) is 18.9 Å². The Morgan fingerprint density at radius 2 is 1.89 bits per heavy atom. The van der Waals surface area contributed by atoms with Gasteiger partial charge in [0.05, 0.1) is 0 Å². The molecule has 1 heterocycles. The lowest BCUT2D eigenvalue weighted by atomic mass is 10.1. The summed E-state index contributed by atoms with van der Waals surface area (Å²) in [6, 6.07) is 1.64. The van der Waals surface area contributed by atoms with Crippen LogP contribution in [-0.4, -0.2) is 25.2 Å². The van der Waals surface area contributed by atoms with Crippen LogP contribution in [0.3, 0.4) is 0 Å². The standard InChI is InChI=1S/C13H17F3N2/c1-3-10-6-17-8(2)7-18(10)13-11(15)4-9(14)5-12(13)16/h4-5,8,10,17H,3,6-7H2,1-2H3. The first kappa shape index (κ1) is 13.2. The van der Waals surface area contributed by atoms with E-state index in [0.717, 1.165) is 18.6 Å². The van der Waals surface area contributed by atoms with Gasteiger partial charge >= 0.3 is 0 Å². The van der Waals surface area contributed by atoms with Gasteiger partial charge < -0.3 is 10.2 Å². The lowest BCUT2D eigenvalue weighted by molar-refractivity contribution is 0.392. The first-order valence-electron chi connectivity index (χ1n) is 6.17. The van der Waals surface area contributed by atoms with Crippen molar-refractivity contribution in [1.82, 2.24) is 5.32 Å². The van der Waals surface area contributed by atoms with E-state index in [1.807, 2.05) is 13.8 Å². The smallest absolute Gasteiger partial charge is 0.152 e. The number of nitrogens with one attached hydrogen (secondary N) is 1. The molecule has 0 aromatic heterocycles. The second-order valence-corrected chi connectivity index (χ2v) is 4.74. The van der Waals surface area contributed by atoms with Gasteiger partial charge in [0.2, 0.25) is 0 Å². The maximum atomic E-state index is 13.8. The molecule has 1 N–H and O–H groups in total. The topological polar surface area (TPSA) is 15.3 Å². The average molecular weight is 258 g/mol. The SMILES string of the molecule is CCC1CNC(C)CN1c1c(F)cc(F)cc1F. The zero-order valence-corrected chi connectivity index (χ0v) is 10.5. The lowest BCUT2D eigenvalue weighted by Gasteiger charge is -2.40. The maximum Gasteiger partial charge on any atom is 0.152 e. The normalized spacial score (nSPS) is 24.4. The van der Waals surface area contributed by atoms with Crippen LogP contribution < -0.4 is 10.2 Å². The number of halogens is 3. The molecule has 2 unspecified atom stereocenters. The molecule has 0 amide bonds. The fourth-order valence-electron chi connectivity index (χ4n) is 2.40. The number of hydrogen-bond acceptors (Lipinski definition) is 2. The Hall–Kier alpha value is -1.23. The Morgan fingerprint density at radius 1 is 1.28 bits per heavy atom. The summed E-state index contributed by atoms with van der Waals surface area (Å²) in [6.45, 7) is 5.11. The summed E-state index contributed by atoms with van der Waals surface area (Å²) in [5.74, 6) is -2.55. The van der Waals surface area contributed by atoms with Gasteiger partial charge in [-0.2, -0.15) is 0 Å². The van der Waals surface area contributed by atoms with Gasteiger partial charge in [-0.25, -0.2) is 13.2 Å². The van der Waals surface area contributed by atoms with E-state index in [0.29, 0.717) is 13.1 Å². The Bertz CT molecular complexity index is 413. The molecule has 1 aliphatic heterocycles. The summed E-state index contributed by atoms with van der Waals surface area (Å²) in [6.07, 6.45) is 0.774. The van der Waals surface area contributed by atoms with E-state index in [2.05, 4.69) is 5.32 Å². The van der Waals surface area contributed by atoms with Gasteiger partial charge in [0, 0.05) is 37.3 Å². The van der Waals surface area contributed by atoms with Crippen molar-refractivity contribution >= 4 is 5.69 Å². The van der Waals surface area contributed by atoms with Crippen molar-refractivity contribution in [3.63, 3.8) is 0 Å². The van der Waals surface area contributed by atoms with Crippen LogP contribution in [-0.2, 0) is 0 Å². The minimum absolute atomic E-state index is 0.0238. The predicted octanol–water partition coefficient (Wildman–Crippen LogP) is 2.68. The van der Waals surface area contributed by atoms with E-state index < -0.39 is 17.5 Å². The number of piperazine rings is 1. The van der Waals surface area contributed by atoms with Crippen molar-refractivity contribution in [3.8, 4) is 0 Å². The molecular weight excluding hydrogens is 241 g/mol. The molecule has 0 aliphatic carbocycles. The van der Waals surface area contributed by atoms with Crippen LogP contribution in [0, 0.1) is 17.5 Å². The molecule has 1 fully saturated rings.